The Hall–Kier alpha value is -1.60. The number of hydrogen-bond acceptors (Lipinski definition) is 6. The van der Waals surface area contributed by atoms with E-state index in [9.17, 15) is 0 Å². The van der Waals surface area contributed by atoms with Crippen molar-refractivity contribution in [3.05, 3.63) is 24.3 Å². The van der Waals surface area contributed by atoms with E-state index in [0.29, 0.717) is 5.82 Å². The van der Waals surface area contributed by atoms with E-state index in [1.807, 2.05) is 23.9 Å². The van der Waals surface area contributed by atoms with Crippen molar-refractivity contribution in [2.45, 2.75) is 29.9 Å². The number of nitrogens with one attached hydrogen (secondary N) is 1. The van der Waals surface area contributed by atoms with Crippen LogP contribution in [0, 0.1) is 0 Å². The lowest BCUT2D eigenvalue weighted by Gasteiger charge is -2.06. The highest BCUT2D eigenvalue weighted by Crippen LogP contribution is 2.25. The first-order valence-electron chi connectivity index (χ1n) is 5.72. The van der Waals surface area contributed by atoms with Crippen LogP contribution in [0.1, 0.15) is 19.2 Å². The van der Waals surface area contributed by atoms with Crippen LogP contribution < -0.4 is 11.3 Å². The fourth-order valence-corrected chi connectivity index (χ4v) is 2.31. The van der Waals surface area contributed by atoms with Crippen molar-refractivity contribution in [3.63, 3.8) is 0 Å². The summed E-state index contributed by atoms with van der Waals surface area (Å²) < 4.78 is 1.95. The van der Waals surface area contributed by atoms with Crippen LogP contribution in [0.25, 0.3) is 0 Å². The molecule has 7 heteroatoms. The minimum Gasteiger partial charge on any atom is -0.329 e. The molecule has 2 rings (SSSR count). The molecule has 0 bridgehead atoms. The van der Waals surface area contributed by atoms with Gasteiger partial charge in [0.1, 0.15) is 16.7 Å². The third-order valence-corrected chi connectivity index (χ3v) is 3.34. The van der Waals surface area contributed by atoms with Crippen molar-refractivity contribution in [2.75, 3.05) is 5.43 Å². The number of aromatic nitrogens is 4. The molecule has 0 aliphatic heterocycles. The summed E-state index contributed by atoms with van der Waals surface area (Å²) in [6.07, 6.45) is 5.50. The van der Waals surface area contributed by atoms with Crippen molar-refractivity contribution in [1.29, 1.82) is 0 Å². The van der Waals surface area contributed by atoms with E-state index >= 15 is 0 Å². The second-order valence-electron chi connectivity index (χ2n) is 3.82. The van der Waals surface area contributed by atoms with Gasteiger partial charge in [-0.2, -0.15) is 0 Å². The summed E-state index contributed by atoms with van der Waals surface area (Å²) in [7, 11) is 1.95. The topological polar surface area (TPSA) is 81.6 Å². The standard InChI is InChI=1S/C11H16N6S/c1-3-4-8-14-9(16-12)7-10(15-8)18-11-13-5-6-17(11)2/h5-7H,3-4,12H2,1-2H3,(H,14,15,16). The van der Waals surface area contributed by atoms with E-state index in [4.69, 9.17) is 5.84 Å². The van der Waals surface area contributed by atoms with E-state index in [0.717, 1.165) is 28.8 Å². The summed E-state index contributed by atoms with van der Waals surface area (Å²) in [5.74, 6) is 6.84. The van der Waals surface area contributed by atoms with Gasteiger partial charge in [-0.05, 0) is 18.2 Å². The van der Waals surface area contributed by atoms with Gasteiger partial charge in [-0.1, -0.05) is 6.92 Å². The Balaban J connectivity index is 2.26. The van der Waals surface area contributed by atoms with Crippen molar-refractivity contribution < 1.29 is 0 Å². The molecule has 96 valence electrons. The Bertz CT molecular complexity index is 524. The number of nitrogens with two attached hydrogens (primary N) is 1. The first-order chi connectivity index (χ1) is 8.72. The van der Waals surface area contributed by atoms with Gasteiger partial charge in [0.15, 0.2) is 5.16 Å². The second-order valence-corrected chi connectivity index (χ2v) is 4.81. The number of imidazole rings is 1. The largest absolute Gasteiger partial charge is 0.329 e. The normalized spacial score (nSPS) is 10.6. The summed E-state index contributed by atoms with van der Waals surface area (Å²) in [6, 6.07) is 1.82. The number of hydrogen-bond donors (Lipinski definition) is 2. The molecule has 0 aliphatic rings. The molecule has 2 aromatic heterocycles. The molecule has 0 aliphatic carbocycles. The molecule has 0 radical (unpaired) electrons. The fraction of sp³-hybridized carbons (Fsp3) is 0.364. The number of anilines is 1. The SMILES string of the molecule is CCCc1nc(NN)cc(Sc2nccn2C)n1. The van der Waals surface area contributed by atoms with Crippen LogP contribution in [0.4, 0.5) is 5.82 Å². The molecular formula is C11H16N6S. The minimum absolute atomic E-state index is 0.630. The predicted molar refractivity (Wildman–Crippen MR) is 71.2 cm³/mol. The molecule has 0 saturated heterocycles. The molecular weight excluding hydrogens is 248 g/mol. The van der Waals surface area contributed by atoms with E-state index in [-0.39, 0.29) is 0 Å². The van der Waals surface area contributed by atoms with Crippen molar-refractivity contribution in [3.8, 4) is 0 Å². The number of hydrazine groups is 1. The van der Waals surface area contributed by atoms with Gasteiger partial charge in [-0.3, -0.25) is 0 Å². The van der Waals surface area contributed by atoms with Crippen LogP contribution >= 0.6 is 11.8 Å². The van der Waals surface area contributed by atoms with Crippen LogP contribution in [-0.4, -0.2) is 19.5 Å². The summed E-state index contributed by atoms with van der Waals surface area (Å²) in [4.78, 5) is 13.1. The zero-order valence-corrected chi connectivity index (χ0v) is 11.2. The Kier molecular flexibility index (Phi) is 4.16. The molecule has 0 saturated carbocycles. The number of nitrogens with zero attached hydrogens (tertiary/aromatic N) is 4. The molecule has 18 heavy (non-hydrogen) atoms. The monoisotopic (exact) mass is 264 g/mol. The average Bonchev–Trinajstić information content (AvgIpc) is 2.75. The number of aryl methyl sites for hydroxylation is 2. The van der Waals surface area contributed by atoms with Crippen molar-refractivity contribution >= 4 is 17.6 Å². The van der Waals surface area contributed by atoms with Gasteiger partial charge in [0.25, 0.3) is 0 Å². The summed E-state index contributed by atoms with van der Waals surface area (Å²) in [5, 5.41) is 1.73. The Labute approximate surface area is 110 Å². The summed E-state index contributed by atoms with van der Waals surface area (Å²) >= 11 is 1.50. The van der Waals surface area contributed by atoms with E-state index in [1.165, 1.54) is 11.8 Å². The summed E-state index contributed by atoms with van der Waals surface area (Å²) in [6.45, 7) is 2.09. The minimum atomic E-state index is 0.630. The van der Waals surface area contributed by atoms with E-state index in [1.54, 1.807) is 6.20 Å². The van der Waals surface area contributed by atoms with Gasteiger partial charge in [-0.15, -0.1) is 0 Å². The third kappa shape index (κ3) is 2.99. The van der Waals surface area contributed by atoms with Crippen LogP contribution in [-0.2, 0) is 13.5 Å². The first-order valence-corrected chi connectivity index (χ1v) is 6.54. The van der Waals surface area contributed by atoms with Gasteiger partial charge in [-0.25, -0.2) is 20.8 Å². The zero-order chi connectivity index (χ0) is 13.0. The van der Waals surface area contributed by atoms with Crippen LogP contribution in [0.15, 0.2) is 28.6 Å². The highest BCUT2D eigenvalue weighted by atomic mass is 32.2. The van der Waals surface area contributed by atoms with Gasteiger partial charge < -0.3 is 9.99 Å². The van der Waals surface area contributed by atoms with Crippen molar-refractivity contribution in [1.82, 2.24) is 19.5 Å². The average molecular weight is 264 g/mol. The second kappa shape index (κ2) is 5.83. The first kappa shape index (κ1) is 12.8. The molecule has 0 atom stereocenters. The van der Waals surface area contributed by atoms with Gasteiger partial charge in [0.2, 0.25) is 0 Å². The molecule has 0 aromatic carbocycles. The lowest BCUT2D eigenvalue weighted by atomic mass is 10.3. The lowest BCUT2D eigenvalue weighted by molar-refractivity contribution is 0.782. The zero-order valence-electron chi connectivity index (χ0n) is 10.4. The Morgan fingerprint density at radius 1 is 1.44 bits per heavy atom. The molecule has 2 aromatic rings. The molecule has 2 heterocycles. The molecule has 0 fully saturated rings. The van der Waals surface area contributed by atoms with Gasteiger partial charge >= 0.3 is 0 Å². The highest BCUT2D eigenvalue weighted by molar-refractivity contribution is 7.99. The molecule has 0 unspecified atom stereocenters. The maximum absolute atomic E-state index is 5.42. The van der Waals surface area contributed by atoms with E-state index in [2.05, 4.69) is 27.3 Å². The van der Waals surface area contributed by atoms with Crippen LogP contribution in [0.5, 0.6) is 0 Å². The fourth-order valence-electron chi connectivity index (χ4n) is 1.48. The quantitative estimate of drug-likeness (QED) is 0.485. The molecule has 3 N–H and O–H groups in total. The third-order valence-electron chi connectivity index (χ3n) is 2.34. The summed E-state index contributed by atoms with van der Waals surface area (Å²) in [5.41, 5.74) is 2.57. The van der Waals surface area contributed by atoms with Crippen LogP contribution in [0.3, 0.4) is 0 Å². The van der Waals surface area contributed by atoms with Gasteiger partial charge in [0.05, 0.1) is 0 Å². The number of nitrogen functional groups attached to an aromatic ring is 1. The Morgan fingerprint density at radius 3 is 2.89 bits per heavy atom. The molecule has 0 spiro atoms. The maximum Gasteiger partial charge on any atom is 0.174 e. The highest BCUT2D eigenvalue weighted by Gasteiger charge is 2.08. The Morgan fingerprint density at radius 2 is 2.28 bits per heavy atom. The van der Waals surface area contributed by atoms with Gasteiger partial charge in [0, 0.05) is 31.9 Å². The van der Waals surface area contributed by atoms with Crippen LogP contribution in [0.2, 0.25) is 0 Å². The maximum atomic E-state index is 5.42. The van der Waals surface area contributed by atoms with Crippen molar-refractivity contribution in [2.24, 2.45) is 12.9 Å². The number of rotatable bonds is 5. The molecule has 6 nitrogen and oxygen atoms in total. The van der Waals surface area contributed by atoms with E-state index < -0.39 is 0 Å². The lowest BCUT2D eigenvalue weighted by Crippen LogP contribution is -2.10. The predicted octanol–water partition coefficient (Wildman–Crippen LogP) is 1.60. The smallest absolute Gasteiger partial charge is 0.174 e. The molecule has 0 amide bonds.